The van der Waals surface area contributed by atoms with Crippen molar-refractivity contribution in [2.24, 2.45) is 17.8 Å². The second kappa shape index (κ2) is 25.2. The van der Waals surface area contributed by atoms with Crippen molar-refractivity contribution in [1.82, 2.24) is 14.9 Å². The third kappa shape index (κ3) is 13.7. The molecule has 0 spiro atoms. The van der Waals surface area contributed by atoms with Crippen molar-refractivity contribution in [2.75, 3.05) is 40.9 Å². The number of nitrogens with zero attached hydrogens (tertiary/aromatic N) is 1. The molecule has 0 unspecified atom stereocenters. The number of benzene rings is 2. The van der Waals surface area contributed by atoms with Crippen LogP contribution in [0.1, 0.15) is 108 Å². The summed E-state index contributed by atoms with van der Waals surface area (Å²) in [6.07, 6.45) is -8.92. The number of cyclic esters (lactones) is 1. The van der Waals surface area contributed by atoms with Crippen molar-refractivity contribution in [3.05, 3.63) is 53.6 Å². The molecule has 0 bridgehead atoms. The van der Waals surface area contributed by atoms with E-state index in [1.54, 1.807) is 91.8 Å². The van der Waals surface area contributed by atoms with E-state index in [0.29, 0.717) is 12.3 Å². The number of nitrogens with one attached hydrogen (secondary N) is 2. The molecular weight excluding hydrogens is 986 g/mol. The summed E-state index contributed by atoms with van der Waals surface area (Å²) in [5, 5.41) is 55.7. The third-order valence-corrected chi connectivity index (χ3v) is 17.8. The van der Waals surface area contributed by atoms with Gasteiger partial charge in [0.1, 0.15) is 40.5 Å². The average molecular weight is 1070 g/mol. The number of aliphatic hydroxyl groups is 4. The number of sulfonamides is 1. The molecular formula is C53H86ClN3O15S. The van der Waals surface area contributed by atoms with Crippen LogP contribution in [0.2, 0.25) is 5.02 Å². The van der Waals surface area contributed by atoms with E-state index in [1.165, 1.54) is 44.6 Å². The van der Waals surface area contributed by atoms with E-state index in [9.17, 15) is 33.6 Å². The Kier molecular flexibility index (Phi) is 21.1. The van der Waals surface area contributed by atoms with Crippen molar-refractivity contribution >= 4 is 27.6 Å². The highest BCUT2D eigenvalue weighted by atomic mass is 35.5. The zero-order chi connectivity index (χ0) is 54.4. The molecule has 0 aromatic heterocycles. The highest BCUT2D eigenvalue weighted by Gasteiger charge is 2.59. The maximum absolute atomic E-state index is 14.7. The quantitative estimate of drug-likeness (QED) is 0.0908. The second-order valence-corrected chi connectivity index (χ2v) is 23.9. The Morgan fingerprint density at radius 3 is 2.21 bits per heavy atom. The van der Waals surface area contributed by atoms with Gasteiger partial charge >= 0.3 is 5.97 Å². The molecule has 6 N–H and O–H groups in total. The van der Waals surface area contributed by atoms with Gasteiger partial charge < -0.3 is 69.0 Å². The van der Waals surface area contributed by atoms with Gasteiger partial charge in [-0.15, -0.1) is 0 Å². The molecule has 0 aliphatic carbocycles. The first-order valence-corrected chi connectivity index (χ1v) is 27.6. The predicted molar refractivity (Wildman–Crippen MR) is 276 cm³/mol. The van der Waals surface area contributed by atoms with E-state index in [2.05, 4.69) is 10.6 Å². The number of halogens is 1. The highest BCUT2D eigenvalue weighted by Crippen LogP contribution is 2.44. The summed E-state index contributed by atoms with van der Waals surface area (Å²) in [7, 11) is 0.323. The monoisotopic (exact) mass is 1070 g/mol. The summed E-state index contributed by atoms with van der Waals surface area (Å²) >= 11 is 6.63. The van der Waals surface area contributed by atoms with Crippen molar-refractivity contribution in [1.29, 1.82) is 0 Å². The maximum atomic E-state index is 14.7. The molecule has 416 valence electrons. The molecule has 3 saturated heterocycles. The molecule has 0 amide bonds. The average Bonchev–Trinajstić information content (AvgIpc) is 3.34. The topological polar surface area (TPSA) is 233 Å². The molecule has 3 fully saturated rings. The largest absolute Gasteiger partial charge is 0.495 e. The van der Waals surface area contributed by atoms with Gasteiger partial charge in [0.05, 0.1) is 59.0 Å². The van der Waals surface area contributed by atoms with Gasteiger partial charge in [0, 0.05) is 45.1 Å². The first kappa shape index (κ1) is 61.1. The van der Waals surface area contributed by atoms with Gasteiger partial charge in [-0.3, -0.25) is 4.79 Å². The molecule has 5 rings (SSSR count). The number of ether oxygens (including phenoxy) is 8. The number of carbonyl (C=O) groups excluding carboxylic acids is 1. The van der Waals surface area contributed by atoms with Gasteiger partial charge in [0.15, 0.2) is 18.7 Å². The Morgan fingerprint density at radius 2 is 1.60 bits per heavy atom. The van der Waals surface area contributed by atoms with Crippen molar-refractivity contribution < 1.29 is 71.5 Å². The van der Waals surface area contributed by atoms with E-state index < -0.39 is 118 Å². The zero-order valence-corrected chi connectivity index (χ0v) is 46.9. The summed E-state index contributed by atoms with van der Waals surface area (Å²) in [5.41, 5.74) is -6.41. The van der Waals surface area contributed by atoms with Gasteiger partial charge in [0.25, 0.3) is 0 Å². The molecule has 0 saturated carbocycles. The number of rotatable bonds is 16. The summed E-state index contributed by atoms with van der Waals surface area (Å²) in [6, 6.07) is 11.2. The van der Waals surface area contributed by atoms with Crippen LogP contribution in [0.4, 0.5) is 0 Å². The minimum Gasteiger partial charge on any atom is -0.495 e. The number of hydrogen-bond acceptors (Lipinski definition) is 17. The number of hydrogen-bond donors (Lipinski definition) is 6. The zero-order valence-electron chi connectivity index (χ0n) is 45.4. The van der Waals surface area contributed by atoms with Crippen LogP contribution in [-0.4, -0.2) is 170 Å². The fraction of sp³-hybridized carbons (Fsp3) is 0.755. The second-order valence-electron chi connectivity index (χ2n) is 21.5. The van der Waals surface area contributed by atoms with Crippen LogP contribution in [0, 0.1) is 17.8 Å². The van der Waals surface area contributed by atoms with Crippen LogP contribution >= 0.6 is 11.6 Å². The lowest BCUT2D eigenvalue weighted by atomic mass is 9.75. The van der Waals surface area contributed by atoms with Crippen molar-refractivity contribution in [3.8, 4) is 11.5 Å². The van der Waals surface area contributed by atoms with E-state index in [1.807, 2.05) is 13.8 Å². The van der Waals surface area contributed by atoms with Gasteiger partial charge in [-0.2, -0.15) is 4.31 Å². The Balaban J connectivity index is 1.68. The minimum absolute atomic E-state index is 0.0115. The molecule has 2 aromatic rings. The molecule has 0 radical (unpaired) electrons. The van der Waals surface area contributed by atoms with Gasteiger partial charge in [-0.05, 0) is 117 Å². The maximum Gasteiger partial charge on any atom is 0.311 e. The number of aliphatic hydroxyl groups excluding tert-OH is 1. The Labute approximate surface area is 439 Å². The number of carbonyl (C=O) groups is 1. The highest BCUT2D eigenvalue weighted by molar-refractivity contribution is 7.89. The van der Waals surface area contributed by atoms with Crippen LogP contribution in [0.3, 0.4) is 0 Å². The molecule has 18 atom stereocenters. The standard InChI is InChI=1S/C53H86ClN3O15S/c1-15-24-55-30-53(62)36(8)68-43(28-51(53,10)66-14)71-44-33(5)47(50(9,60)27-31(3)29-56-35(7)46(58)52(11,61)42(16-2)70-48(59)34(44)6)72-49-45(69-37-22-23-41(65-13)39(54)26-37)40(25-32(4)67-49)57(12)73(63,64)38-20-18-17-19-21-38/h17-23,26,31-36,40,42-47,49,55-56,58,60-62H,15-16,24-25,27-30H2,1-14H3/t31-,32-,33+,34-,35-,36+,40+,42-,43+,44+,45-,46-,47-,49+,50-,51-,52-,53+/m1/s1. The lowest BCUT2D eigenvalue weighted by Crippen LogP contribution is -2.70. The number of esters is 1. The first-order valence-electron chi connectivity index (χ1n) is 25.8. The summed E-state index contributed by atoms with van der Waals surface area (Å²) < 4.78 is 81.9. The van der Waals surface area contributed by atoms with E-state index >= 15 is 0 Å². The Hall–Kier alpha value is -2.73. The summed E-state index contributed by atoms with van der Waals surface area (Å²) in [4.78, 5) is 14.8. The Morgan fingerprint density at radius 1 is 0.932 bits per heavy atom. The molecule has 3 aliphatic rings. The predicted octanol–water partition coefficient (Wildman–Crippen LogP) is 5.44. The fourth-order valence-corrected chi connectivity index (χ4v) is 12.6. The molecule has 20 heteroatoms. The summed E-state index contributed by atoms with van der Waals surface area (Å²) in [5.74, 6) is -2.54. The van der Waals surface area contributed by atoms with Crippen molar-refractivity contribution in [3.63, 3.8) is 0 Å². The van der Waals surface area contributed by atoms with Gasteiger partial charge in [0.2, 0.25) is 10.0 Å². The molecule has 3 aliphatic heterocycles. The van der Waals surface area contributed by atoms with E-state index in [-0.39, 0.29) is 60.4 Å². The van der Waals surface area contributed by atoms with Crippen molar-refractivity contribution in [2.45, 2.75) is 203 Å². The van der Waals surface area contributed by atoms with Crippen LogP contribution < -0.4 is 20.1 Å². The van der Waals surface area contributed by atoms with Gasteiger partial charge in [-0.25, -0.2) is 8.42 Å². The molecule has 18 nitrogen and oxygen atoms in total. The minimum atomic E-state index is -4.15. The lowest BCUT2D eigenvalue weighted by Gasteiger charge is -2.53. The lowest BCUT2D eigenvalue weighted by molar-refractivity contribution is -0.335. The third-order valence-electron chi connectivity index (χ3n) is 15.6. The summed E-state index contributed by atoms with van der Waals surface area (Å²) in [6.45, 7) is 20.3. The molecule has 3 heterocycles. The van der Waals surface area contributed by atoms with E-state index in [4.69, 9.17) is 49.5 Å². The number of methoxy groups -OCH3 is 2. The first-order chi connectivity index (χ1) is 34.1. The molecule has 73 heavy (non-hydrogen) atoms. The smallest absolute Gasteiger partial charge is 0.311 e. The van der Waals surface area contributed by atoms with Crippen LogP contribution in [0.5, 0.6) is 11.5 Å². The fourth-order valence-electron chi connectivity index (χ4n) is 11.0. The number of likely N-dealkylation sites (N-methyl/N-ethyl adjacent to an activating group) is 1. The van der Waals surface area contributed by atoms with Gasteiger partial charge in [-0.1, -0.05) is 57.5 Å². The normalized spacial score (nSPS) is 39.5. The van der Waals surface area contributed by atoms with E-state index in [0.717, 1.165) is 6.42 Å². The van der Waals surface area contributed by atoms with Crippen LogP contribution in [0.15, 0.2) is 53.4 Å². The molecule has 2 aromatic carbocycles. The SMILES string of the molecule is CCCNC[C@]1(O)[C@H](C)O[C@@H](O[C@H]2[C@H](C)[C@@H](O[C@@H]3O[C@H](C)C[C@H](N(C)S(=O)(=O)c4ccccc4)[C@H]3Oc3ccc(OC)c(Cl)c3)[C@](C)(O)C[C@@H](C)CN[C@H](C)[C@@H](O)[C@](C)(O)[C@@H](CC)OC(=O)[C@@H]2C)C[C@@]1(C)OC. The van der Waals surface area contributed by atoms with Crippen LogP contribution in [-0.2, 0) is 43.2 Å². The Bertz CT molecular complexity index is 2200. The van der Waals surface area contributed by atoms with Crippen LogP contribution in [0.25, 0.3) is 0 Å².